The Kier molecular flexibility index (Phi) is 1.70. The van der Waals surface area contributed by atoms with Crippen LogP contribution in [-0.4, -0.2) is 11.6 Å². The SMILES string of the molecule is [C-]#[N+]C1CC(N)(C(C)C)C1. The second kappa shape index (κ2) is 2.25. The average Bonchev–Trinajstić information content (AvgIpc) is 1.80. The van der Waals surface area contributed by atoms with Gasteiger partial charge in [-0.3, -0.25) is 0 Å². The molecule has 1 aliphatic carbocycles. The first kappa shape index (κ1) is 7.56. The lowest BCUT2D eigenvalue weighted by molar-refractivity contribution is 0.166. The normalized spacial score (nSPS) is 38.9. The molecule has 0 heterocycles. The molecule has 0 aromatic rings. The molecule has 1 rings (SSSR count). The fraction of sp³-hybridized carbons (Fsp3) is 0.875. The summed E-state index contributed by atoms with van der Waals surface area (Å²) in [4.78, 5) is 3.44. The standard InChI is InChI=1S/C8H14N2/c1-6(2)8(9)4-7(5-8)10-3/h6-7H,4-5,9H2,1-2H3. The van der Waals surface area contributed by atoms with Gasteiger partial charge in [0.05, 0.1) is 0 Å². The van der Waals surface area contributed by atoms with E-state index in [4.69, 9.17) is 12.3 Å². The predicted octanol–water partition coefficient (Wildman–Crippen LogP) is 1.42. The minimum atomic E-state index is -0.0186. The quantitative estimate of drug-likeness (QED) is 0.546. The number of nitrogens with two attached hydrogens (primary N) is 1. The fourth-order valence-corrected chi connectivity index (χ4v) is 1.38. The van der Waals surface area contributed by atoms with Crippen LogP contribution in [0.3, 0.4) is 0 Å². The summed E-state index contributed by atoms with van der Waals surface area (Å²) in [6, 6.07) is 0.215. The molecule has 0 spiro atoms. The predicted molar refractivity (Wildman–Crippen MR) is 41.4 cm³/mol. The molecule has 10 heavy (non-hydrogen) atoms. The third kappa shape index (κ3) is 1.02. The maximum Gasteiger partial charge on any atom is 0.227 e. The van der Waals surface area contributed by atoms with Gasteiger partial charge in [0.1, 0.15) is 0 Å². The van der Waals surface area contributed by atoms with Crippen LogP contribution >= 0.6 is 0 Å². The van der Waals surface area contributed by atoms with Crippen LogP contribution in [0.25, 0.3) is 4.85 Å². The topological polar surface area (TPSA) is 30.4 Å². The summed E-state index contributed by atoms with van der Waals surface area (Å²) in [5.74, 6) is 0.519. The Balaban J connectivity index is 2.43. The van der Waals surface area contributed by atoms with Gasteiger partial charge in [0.2, 0.25) is 6.04 Å². The minimum absolute atomic E-state index is 0.0186. The van der Waals surface area contributed by atoms with Gasteiger partial charge in [-0.15, -0.1) is 0 Å². The Morgan fingerprint density at radius 1 is 1.60 bits per heavy atom. The molecule has 2 nitrogen and oxygen atoms in total. The highest BCUT2D eigenvalue weighted by Gasteiger charge is 2.47. The van der Waals surface area contributed by atoms with Crippen molar-refractivity contribution in [2.45, 2.75) is 38.3 Å². The number of nitrogens with zero attached hydrogens (tertiary/aromatic N) is 1. The second-order valence-corrected chi connectivity index (χ2v) is 3.58. The summed E-state index contributed by atoms with van der Waals surface area (Å²) in [5.41, 5.74) is 5.95. The molecule has 56 valence electrons. The van der Waals surface area contributed by atoms with E-state index in [-0.39, 0.29) is 11.6 Å². The fourth-order valence-electron chi connectivity index (χ4n) is 1.38. The van der Waals surface area contributed by atoms with Crippen LogP contribution < -0.4 is 5.73 Å². The van der Waals surface area contributed by atoms with Crippen molar-refractivity contribution in [1.82, 2.24) is 0 Å². The molecule has 0 aromatic heterocycles. The highest BCUT2D eigenvalue weighted by Crippen LogP contribution is 2.37. The molecule has 0 bridgehead atoms. The summed E-state index contributed by atoms with van der Waals surface area (Å²) in [5, 5.41) is 0. The maximum atomic E-state index is 6.75. The minimum Gasteiger partial charge on any atom is -0.324 e. The number of rotatable bonds is 1. The van der Waals surface area contributed by atoms with E-state index < -0.39 is 0 Å². The van der Waals surface area contributed by atoms with Gasteiger partial charge in [-0.1, -0.05) is 13.8 Å². The maximum absolute atomic E-state index is 6.75. The molecular formula is C8H14N2. The molecular weight excluding hydrogens is 124 g/mol. The van der Waals surface area contributed by atoms with Crippen molar-refractivity contribution >= 4 is 0 Å². The Morgan fingerprint density at radius 2 is 2.10 bits per heavy atom. The van der Waals surface area contributed by atoms with Gasteiger partial charge in [0.15, 0.2) is 0 Å². The summed E-state index contributed by atoms with van der Waals surface area (Å²) >= 11 is 0. The van der Waals surface area contributed by atoms with Crippen LogP contribution in [0.4, 0.5) is 0 Å². The van der Waals surface area contributed by atoms with Gasteiger partial charge in [0, 0.05) is 18.4 Å². The number of hydrogen-bond donors (Lipinski definition) is 1. The van der Waals surface area contributed by atoms with E-state index in [9.17, 15) is 0 Å². The third-order valence-corrected chi connectivity index (χ3v) is 2.56. The zero-order valence-electron chi connectivity index (χ0n) is 6.59. The lowest BCUT2D eigenvalue weighted by atomic mass is 9.67. The van der Waals surface area contributed by atoms with Crippen molar-refractivity contribution in [1.29, 1.82) is 0 Å². The van der Waals surface area contributed by atoms with Gasteiger partial charge >= 0.3 is 0 Å². The van der Waals surface area contributed by atoms with Crippen LogP contribution in [0.2, 0.25) is 0 Å². The van der Waals surface area contributed by atoms with Crippen molar-refractivity contribution in [3.8, 4) is 0 Å². The van der Waals surface area contributed by atoms with E-state index in [2.05, 4.69) is 18.7 Å². The molecule has 0 radical (unpaired) electrons. The molecule has 0 aromatic carbocycles. The van der Waals surface area contributed by atoms with Gasteiger partial charge in [-0.05, 0) is 5.92 Å². The summed E-state index contributed by atoms with van der Waals surface area (Å²) in [7, 11) is 0. The van der Waals surface area contributed by atoms with Gasteiger partial charge in [-0.2, -0.15) is 0 Å². The van der Waals surface area contributed by atoms with Crippen LogP contribution in [0, 0.1) is 12.5 Å². The van der Waals surface area contributed by atoms with Gasteiger partial charge < -0.3 is 10.6 Å². The van der Waals surface area contributed by atoms with Crippen molar-refractivity contribution in [3.05, 3.63) is 11.4 Å². The molecule has 0 amide bonds. The van der Waals surface area contributed by atoms with E-state index >= 15 is 0 Å². The van der Waals surface area contributed by atoms with Crippen LogP contribution in [0.15, 0.2) is 0 Å². The van der Waals surface area contributed by atoms with E-state index in [0.717, 1.165) is 12.8 Å². The van der Waals surface area contributed by atoms with Crippen molar-refractivity contribution in [2.75, 3.05) is 0 Å². The van der Waals surface area contributed by atoms with Crippen LogP contribution in [-0.2, 0) is 0 Å². The summed E-state index contributed by atoms with van der Waals surface area (Å²) < 4.78 is 0. The Hall–Kier alpha value is -0.550. The molecule has 1 saturated carbocycles. The first-order valence-corrected chi connectivity index (χ1v) is 3.74. The first-order chi connectivity index (χ1) is 4.58. The molecule has 2 N–H and O–H groups in total. The smallest absolute Gasteiger partial charge is 0.227 e. The van der Waals surface area contributed by atoms with Crippen molar-refractivity contribution in [2.24, 2.45) is 11.7 Å². The monoisotopic (exact) mass is 138 g/mol. The summed E-state index contributed by atoms with van der Waals surface area (Å²) in [6.07, 6.45) is 1.79. The Bertz CT molecular complexity index is 161. The Morgan fingerprint density at radius 3 is 2.40 bits per heavy atom. The lowest BCUT2D eigenvalue weighted by Crippen LogP contribution is -2.57. The lowest BCUT2D eigenvalue weighted by Gasteiger charge is -2.41. The van der Waals surface area contributed by atoms with Crippen molar-refractivity contribution in [3.63, 3.8) is 0 Å². The number of hydrogen-bond acceptors (Lipinski definition) is 1. The molecule has 0 unspecified atom stereocenters. The largest absolute Gasteiger partial charge is 0.324 e. The molecule has 0 aliphatic heterocycles. The first-order valence-electron chi connectivity index (χ1n) is 3.74. The molecule has 1 aliphatic rings. The highest BCUT2D eigenvalue weighted by atomic mass is 14.9. The van der Waals surface area contributed by atoms with Gasteiger partial charge in [-0.25, -0.2) is 6.57 Å². The van der Waals surface area contributed by atoms with E-state index in [1.165, 1.54) is 0 Å². The molecule has 1 fully saturated rings. The van der Waals surface area contributed by atoms with E-state index in [1.54, 1.807) is 0 Å². The van der Waals surface area contributed by atoms with E-state index in [0.29, 0.717) is 5.92 Å². The molecule has 0 saturated heterocycles. The zero-order valence-corrected chi connectivity index (χ0v) is 6.59. The third-order valence-electron chi connectivity index (χ3n) is 2.56. The van der Waals surface area contributed by atoms with Crippen LogP contribution in [0.5, 0.6) is 0 Å². The molecule has 0 atom stereocenters. The average molecular weight is 138 g/mol. The van der Waals surface area contributed by atoms with Crippen molar-refractivity contribution < 1.29 is 0 Å². The zero-order chi connectivity index (χ0) is 7.78. The van der Waals surface area contributed by atoms with Crippen LogP contribution in [0.1, 0.15) is 26.7 Å². The van der Waals surface area contributed by atoms with E-state index in [1.807, 2.05) is 0 Å². The molecule has 2 heteroatoms. The second-order valence-electron chi connectivity index (χ2n) is 3.58. The Labute approximate surface area is 62.2 Å². The summed E-state index contributed by atoms with van der Waals surface area (Å²) in [6.45, 7) is 11.0. The highest BCUT2D eigenvalue weighted by molar-refractivity contribution is 5.08. The van der Waals surface area contributed by atoms with Gasteiger partial charge in [0.25, 0.3) is 0 Å².